The van der Waals surface area contributed by atoms with E-state index >= 15 is 0 Å². The van der Waals surface area contributed by atoms with Crippen LogP contribution in [0.2, 0.25) is 0 Å². The molecule has 0 aliphatic rings. The fourth-order valence-corrected chi connectivity index (χ4v) is 3.08. The van der Waals surface area contributed by atoms with Crippen LogP contribution in [0, 0.1) is 11.8 Å². The molecule has 0 radical (unpaired) electrons. The van der Waals surface area contributed by atoms with Gasteiger partial charge in [0.2, 0.25) is 0 Å². The van der Waals surface area contributed by atoms with Gasteiger partial charge in [0.1, 0.15) is 29.6 Å². The molecule has 1 amide bonds. The summed E-state index contributed by atoms with van der Waals surface area (Å²) in [6, 6.07) is 3.42. The highest BCUT2D eigenvalue weighted by atomic mass is 19.4. The van der Waals surface area contributed by atoms with Crippen LogP contribution in [0.25, 0.3) is 0 Å². The van der Waals surface area contributed by atoms with E-state index in [0.29, 0.717) is 6.42 Å². The molecule has 0 saturated carbocycles. The van der Waals surface area contributed by atoms with E-state index in [1.54, 1.807) is 27.7 Å². The minimum absolute atomic E-state index is 0.115. The monoisotopic (exact) mass is 475 g/mol. The zero-order valence-corrected chi connectivity index (χ0v) is 20.6. The Kier molecular flexibility index (Phi) is 10.1. The quantitative estimate of drug-likeness (QED) is 0.445. The maximum atomic E-state index is 12.9. The summed E-state index contributed by atoms with van der Waals surface area (Å²) in [4.78, 5) is 25.1. The van der Waals surface area contributed by atoms with Gasteiger partial charge in [0.05, 0.1) is 5.56 Å². The first-order chi connectivity index (χ1) is 15.0. The van der Waals surface area contributed by atoms with Gasteiger partial charge in [0.15, 0.2) is 0 Å². The standard InChI is InChI=1S/C24H36F3NO5/c1-9-15(4)19(28-22(30)33-23(6,7)8)21(29)31-16(5)20(14(2)3)32-18-12-10-17(11-13-18)24(25,26)27/h10-16,19-20H,9H2,1-8H3,(H,28,30)/t15-,16-,19-,20+/m0/s1. The number of esters is 1. The van der Waals surface area contributed by atoms with Gasteiger partial charge < -0.3 is 19.5 Å². The zero-order chi connectivity index (χ0) is 25.6. The number of nitrogens with one attached hydrogen (secondary N) is 1. The van der Waals surface area contributed by atoms with Crippen LogP contribution in [0.4, 0.5) is 18.0 Å². The Bertz CT molecular complexity index is 772. The van der Waals surface area contributed by atoms with Crippen molar-refractivity contribution in [3.8, 4) is 5.75 Å². The molecule has 4 atom stereocenters. The van der Waals surface area contributed by atoms with Gasteiger partial charge >= 0.3 is 18.2 Å². The van der Waals surface area contributed by atoms with Crippen LogP contribution in [-0.2, 0) is 20.4 Å². The molecule has 0 spiro atoms. The van der Waals surface area contributed by atoms with Crippen molar-refractivity contribution in [3.63, 3.8) is 0 Å². The molecule has 1 N–H and O–H groups in total. The van der Waals surface area contributed by atoms with Crippen LogP contribution >= 0.6 is 0 Å². The molecular formula is C24H36F3NO5. The number of amides is 1. The number of carbonyl (C=O) groups is 2. The minimum atomic E-state index is -4.44. The van der Waals surface area contributed by atoms with E-state index in [1.165, 1.54) is 12.1 Å². The molecule has 0 fully saturated rings. The lowest BCUT2D eigenvalue weighted by Gasteiger charge is -2.31. The predicted molar refractivity (Wildman–Crippen MR) is 119 cm³/mol. The van der Waals surface area contributed by atoms with Gasteiger partial charge in [0, 0.05) is 0 Å². The molecule has 188 valence electrons. The summed E-state index contributed by atoms with van der Waals surface area (Å²) in [5.74, 6) is -0.735. The van der Waals surface area contributed by atoms with E-state index in [9.17, 15) is 22.8 Å². The summed E-state index contributed by atoms with van der Waals surface area (Å²) in [6.45, 7) is 14.2. The van der Waals surface area contributed by atoms with Crippen molar-refractivity contribution in [2.75, 3.05) is 0 Å². The molecule has 9 heteroatoms. The smallest absolute Gasteiger partial charge is 0.416 e. The fraction of sp³-hybridized carbons (Fsp3) is 0.667. The van der Waals surface area contributed by atoms with Gasteiger partial charge in [-0.25, -0.2) is 9.59 Å². The van der Waals surface area contributed by atoms with Crippen LogP contribution in [0.15, 0.2) is 24.3 Å². The van der Waals surface area contributed by atoms with Crippen LogP contribution in [0.5, 0.6) is 5.75 Å². The fourth-order valence-electron chi connectivity index (χ4n) is 3.08. The molecule has 0 aromatic heterocycles. The largest absolute Gasteiger partial charge is 0.486 e. The second kappa shape index (κ2) is 11.6. The number of halogens is 3. The van der Waals surface area contributed by atoms with Gasteiger partial charge in [-0.15, -0.1) is 0 Å². The lowest BCUT2D eigenvalue weighted by Crippen LogP contribution is -2.49. The van der Waals surface area contributed by atoms with Crippen molar-refractivity contribution in [3.05, 3.63) is 29.8 Å². The number of carbonyl (C=O) groups excluding carboxylic acids is 2. The summed E-state index contributed by atoms with van der Waals surface area (Å²) < 4.78 is 55.1. The molecule has 1 rings (SSSR count). The van der Waals surface area contributed by atoms with Crippen molar-refractivity contribution >= 4 is 12.1 Å². The van der Waals surface area contributed by atoms with E-state index < -0.39 is 47.7 Å². The topological polar surface area (TPSA) is 73.9 Å². The first-order valence-electron chi connectivity index (χ1n) is 11.1. The number of hydrogen-bond acceptors (Lipinski definition) is 5. The third kappa shape index (κ3) is 9.52. The van der Waals surface area contributed by atoms with Crippen molar-refractivity contribution in [1.29, 1.82) is 0 Å². The molecule has 0 aliphatic heterocycles. The van der Waals surface area contributed by atoms with Gasteiger partial charge in [-0.05, 0) is 63.8 Å². The Morgan fingerprint density at radius 1 is 1.00 bits per heavy atom. The highest BCUT2D eigenvalue weighted by Gasteiger charge is 2.34. The maximum Gasteiger partial charge on any atom is 0.416 e. The Balaban J connectivity index is 2.92. The summed E-state index contributed by atoms with van der Waals surface area (Å²) in [6.07, 6.45) is -5.90. The SMILES string of the molecule is CC[C@H](C)[C@H](NC(=O)OC(C)(C)C)C(=O)O[C@@H](C)[C@H](Oc1ccc(C(F)(F)F)cc1)C(C)C. The normalized spacial score (nSPS) is 15.9. The molecule has 0 heterocycles. The van der Waals surface area contributed by atoms with Gasteiger partial charge in [-0.1, -0.05) is 34.1 Å². The molecule has 6 nitrogen and oxygen atoms in total. The van der Waals surface area contributed by atoms with Gasteiger partial charge in [0.25, 0.3) is 0 Å². The molecule has 0 saturated heterocycles. The first kappa shape index (κ1) is 28.6. The van der Waals surface area contributed by atoms with Crippen LogP contribution < -0.4 is 10.1 Å². The van der Waals surface area contributed by atoms with E-state index in [4.69, 9.17) is 14.2 Å². The van der Waals surface area contributed by atoms with Crippen molar-refractivity contribution < 1.29 is 37.0 Å². The first-order valence-corrected chi connectivity index (χ1v) is 11.1. The summed E-state index contributed by atoms with van der Waals surface area (Å²) in [5, 5.41) is 2.58. The number of benzene rings is 1. The molecular weight excluding hydrogens is 439 g/mol. The molecule has 1 aromatic rings. The molecule has 33 heavy (non-hydrogen) atoms. The van der Waals surface area contributed by atoms with Crippen molar-refractivity contribution in [1.82, 2.24) is 5.32 Å². The average molecular weight is 476 g/mol. The Morgan fingerprint density at radius 2 is 1.55 bits per heavy atom. The Hall–Kier alpha value is -2.45. The minimum Gasteiger partial charge on any atom is -0.486 e. The number of hydrogen-bond donors (Lipinski definition) is 1. The van der Waals surface area contributed by atoms with Crippen LogP contribution in [-0.4, -0.2) is 35.9 Å². The average Bonchev–Trinajstić information content (AvgIpc) is 2.67. The highest BCUT2D eigenvalue weighted by molar-refractivity contribution is 5.81. The lowest BCUT2D eigenvalue weighted by molar-refractivity contribution is -0.158. The number of ether oxygens (including phenoxy) is 3. The predicted octanol–water partition coefficient (Wildman–Crippen LogP) is 5.98. The summed E-state index contributed by atoms with van der Waals surface area (Å²) in [5.41, 5.74) is -1.50. The summed E-state index contributed by atoms with van der Waals surface area (Å²) in [7, 11) is 0. The van der Waals surface area contributed by atoms with E-state index in [-0.39, 0.29) is 17.6 Å². The van der Waals surface area contributed by atoms with Crippen molar-refractivity contribution in [2.24, 2.45) is 11.8 Å². The zero-order valence-electron chi connectivity index (χ0n) is 20.6. The molecule has 0 unspecified atom stereocenters. The Labute approximate surface area is 194 Å². The number of rotatable bonds is 9. The van der Waals surface area contributed by atoms with Crippen LogP contribution in [0.3, 0.4) is 0 Å². The third-order valence-corrected chi connectivity index (χ3v) is 5.01. The Morgan fingerprint density at radius 3 is 1.97 bits per heavy atom. The van der Waals surface area contributed by atoms with E-state index in [1.807, 2.05) is 27.7 Å². The van der Waals surface area contributed by atoms with Gasteiger partial charge in [-0.3, -0.25) is 0 Å². The second-order valence-electron chi connectivity index (χ2n) is 9.50. The molecule has 1 aromatic carbocycles. The lowest BCUT2D eigenvalue weighted by atomic mass is 9.98. The van der Waals surface area contributed by atoms with E-state index in [2.05, 4.69) is 5.32 Å². The van der Waals surface area contributed by atoms with Crippen molar-refractivity contribution in [2.45, 2.75) is 91.8 Å². The summed E-state index contributed by atoms with van der Waals surface area (Å²) >= 11 is 0. The number of alkyl carbamates (subject to hydrolysis) is 1. The third-order valence-electron chi connectivity index (χ3n) is 5.01. The highest BCUT2D eigenvalue weighted by Crippen LogP contribution is 2.31. The van der Waals surface area contributed by atoms with E-state index in [0.717, 1.165) is 12.1 Å². The maximum absolute atomic E-state index is 12.9. The number of alkyl halides is 3. The molecule has 0 aliphatic carbocycles. The van der Waals surface area contributed by atoms with Crippen LogP contribution in [0.1, 0.15) is 67.4 Å². The second-order valence-corrected chi connectivity index (χ2v) is 9.50. The molecule has 0 bridgehead atoms. The van der Waals surface area contributed by atoms with Gasteiger partial charge in [-0.2, -0.15) is 13.2 Å².